The monoisotopic (exact) mass is 495 g/mol. The normalized spacial score (nSPS) is 10.8. The molecule has 10 nitrogen and oxygen atoms in total. The maximum Gasteiger partial charge on any atom is 0.334 e. The highest BCUT2D eigenvalue weighted by Gasteiger charge is 2.28. The lowest BCUT2D eigenvalue weighted by Gasteiger charge is -2.31. The highest BCUT2D eigenvalue weighted by atomic mass is 16.6. The number of hydrogen-bond donors (Lipinski definition) is 1. The molecule has 0 spiro atoms. The van der Waals surface area contributed by atoms with E-state index in [4.69, 9.17) is 15.2 Å². The molecule has 0 aliphatic rings. The van der Waals surface area contributed by atoms with Crippen molar-refractivity contribution in [2.75, 3.05) is 28.7 Å². The van der Waals surface area contributed by atoms with E-state index in [2.05, 4.69) is 24.7 Å². The average Bonchev–Trinajstić information content (AvgIpc) is 2.77. The van der Waals surface area contributed by atoms with Crippen LogP contribution in [0.2, 0.25) is 0 Å². The Hall–Kier alpha value is -4.34. The van der Waals surface area contributed by atoms with Crippen LogP contribution in [-0.2, 0) is 16.1 Å². The van der Waals surface area contributed by atoms with E-state index in [1.54, 1.807) is 6.08 Å². The van der Waals surface area contributed by atoms with Crippen molar-refractivity contribution in [3.63, 3.8) is 0 Å². The number of carbonyl (C=O) groups excluding carboxylic acids is 1. The van der Waals surface area contributed by atoms with Crippen LogP contribution in [0.15, 0.2) is 68.1 Å². The Morgan fingerprint density at radius 1 is 1.22 bits per heavy atom. The fourth-order valence-corrected chi connectivity index (χ4v) is 3.39. The Bertz CT molecular complexity index is 1160. The van der Waals surface area contributed by atoms with Gasteiger partial charge in [-0.3, -0.25) is 14.9 Å². The summed E-state index contributed by atoms with van der Waals surface area (Å²) in [5, 5.41) is 11.8. The molecule has 2 aromatic rings. The molecule has 2 rings (SSSR count). The van der Waals surface area contributed by atoms with Gasteiger partial charge in [0.2, 0.25) is 17.6 Å². The zero-order chi connectivity index (χ0) is 27.0. The van der Waals surface area contributed by atoms with E-state index >= 15 is 0 Å². The van der Waals surface area contributed by atoms with Crippen LogP contribution in [0, 0.1) is 10.1 Å². The summed E-state index contributed by atoms with van der Waals surface area (Å²) in [5.41, 5.74) is 6.38. The van der Waals surface area contributed by atoms with Crippen molar-refractivity contribution >= 4 is 28.8 Å². The molecule has 0 atom stereocenters. The van der Waals surface area contributed by atoms with E-state index in [1.165, 1.54) is 24.0 Å². The van der Waals surface area contributed by atoms with Crippen LogP contribution in [-0.4, -0.2) is 34.6 Å². The third-order valence-electron chi connectivity index (χ3n) is 4.78. The van der Waals surface area contributed by atoms with Gasteiger partial charge in [0.05, 0.1) is 11.5 Å². The molecule has 0 aliphatic carbocycles. The summed E-state index contributed by atoms with van der Waals surface area (Å²) in [7, 11) is 0. The van der Waals surface area contributed by atoms with E-state index in [-0.39, 0.29) is 30.5 Å². The second kappa shape index (κ2) is 11.9. The quantitative estimate of drug-likeness (QED) is 0.189. The summed E-state index contributed by atoms with van der Waals surface area (Å²) in [5.74, 6) is -0.304. The zero-order valence-corrected chi connectivity index (χ0v) is 21.2. The summed E-state index contributed by atoms with van der Waals surface area (Å²) >= 11 is 0. The number of anilines is 3. The first-order chi connectivity index (χ1) is 16.9. The van der Waals surface area contributed by atoms with E-state index in [0.717, 1.165) is 5.69 Å². The van der Waals surface area contributed by atoms with Crippen LogP contribution in [0.4, 0.5) is 22.9 Å². The maximum atomic E-state index is 12.7. The average molecular weight is 496 g/mol. The number of amides is 1. The number of nitrogens with zero attached hydrogens (tertiary/aromatic N) is 4. The van der Waals surface area contributed by atoms with Crippen LogP contribution < -0.4 is 20.3 Å². The minimum Gasteiger partial charge on any atom is -0.474 e. The molecule has 1 heterocycles. The van der Waals surface area contributed by atoms with Crippen molar-refractivity contribution in [3.05, 3.63) is 83.8 Å². The van der Waals surface area contributed by atoms with Crippen LogP contribution in [0.25, 0.3) is 0 Å². The molecular weight excluding hydrogens is 462 g/mol. The van der Waals surface area contributed by atoms with Crippen molar-refractivity contribution < 1.29 is 19.2 Å². The lowest BCUT2D eigenvalue weighted by molar-refractivity contribution is -0.383. The smallest absolute Gasteiger partial charge is 0.334 e. The second-order valence-corrected chi connectivity index (χ2v) is 8.85. The Morgan fingerprint density at radius 2 is 1.92 bits per heavy atom. The number of rotatable bonds is 12. The fourth-order valence-electron chi connectivity index (χ4n) is 3.39. The number of benzene rings is 1. The van der Waals surface area contributed by atoms with Crippen molar-refractivity contribution in [3.8, 4) is 5.88 Å². The van der Waals surface area contributed by atoms with E-state index < -0.39 is 22.1 Å². The molecule has 2 N–H and O–H groups in total. The standard InChI is InChI=1S/C26H33N5O5/c1-8-13-29(19(4)36-26(5,6)7)21-12-10-11-20(15-21)17-30(18(3)32)22-16-23(35-14-9-2)28-25(27)24(22)31(33)34/h8-12,15-16H,1-2,4,13-14,17H2,3,5-7H3,(H2,27,28). The number of carbonyl (C=O) groups is 1. The molecule has 0 saturated heterocycles. The molecule has 36 heavy (non-hydrogen) atoms. The zero-order valence-electron chi connectivity index (χ0n) is 21.2. The van der Waals surface area contributed by atoms with Crippen molar-refractivity contribution in [1.82, 2.24) is 4.98 Å². The maximum absolute atomic E-state index is 12.7. The Kier molecular flexibility index (Phi) is 9.20. The van der Waals surface area contributed by atoms with Gasteiger partial charge >= 0.3 is 5.69 Å². The van der Waals surface area contributed by atoms with Crippen molar-refractivity contribution in [1.29, 1.82) is 0 Å². The highest BCUT2D eigenvalue weighted by molar-refractivity contribution is 5.95. The SMILES string of the molecule is C=CCOc1cc(N(Cc2cccc(N(CC=C)C(=C)OC(C)(C)C)c2)C(C)=O)c([N+](=O)[O-])c(N)n1. The predicted octanol–water partition coefficient (Wildman–Crippen LogP) is 4.97. The summed E-state index contributed by atoms with van der Waals surface area (Å²) < 4.78 is 11.4. The van der Waals surface area contributed by atoms with E-state index in [9.17, 15) is 14.9 Å². The molecule has 0 bridgehead atoms. The predicted molar refractivity (Wildman–Crippen MR) is 142 cm³/mol. The van der Waals surface area contributed by atoms with Crippen LogP contribution in [0.3, 0.4) is 0 Å². The first kappa shape index (κ1) is 27.9. The largest absolute Gasteiger partial charge is 0.474 e. The molecule has 1 amide bonds. The minimum absolute atomic E-state index is 0.0205. The van der Waals surface area contributed by atoms with Gasteiger partial charge in [0.1, 0.15) is 17.9 Å². The lowest BCUT2D eigenvalue weighted by Crippen LogP contribution is -2.30. The van der Waals surface area contributed by atoms with Crippen LogP contribution >= 0.6 is 0 Å². The number of pyridine rings is 1. The first-order valence-electron chi connectivity index (χ1n) is 11.2. The van der Waals surface area contributed by atoms with Gasteiger partial charge in [-0.1, -0.05) is 30.9 Å². The molecule has 0 fully saturated rings. The summed E-state index contributed by atoms with van der Waals surface area (Å²) in [6.45, 7) is 19.1. The number of nitro groups is 1. The van der Waals surface area contributed by atoms with Gasteiger partial charge in [-0.25, -0.2) is 0 Å². The van der Waals surface area contributed by atoms with Gasteiger partial charge in [-0.05, 0) is 45.0 Å². The summed E-state index contributed by atoms with van der Waals surface area (Å²) in [6, 6.07) is 8.67. The molecule has 0 aliphatic heterocycles. The number of ether oxygens (including phenoxy) is 2. The molecule has 1 aromatic heterocycles. The second-order valence-electron chi connectivity index (χ2n) is 8.85. The minimum atomic E-state index is -0.666. The third-order valence-corrected chi connectivity index (χ3v) is 4.78. The topological polar surface area (TPSA) is 124 Å². The molecule has 0 saturated carbocycles. The van der Waals surface area contributed by atoms with E-state index in [1.807, 2.05) is 49.9 Å². The van der Waals surface area contributed by atoms with Gasteiger partial charge < -0.3 is 25.0 Å². The Balaban J connectivity index is 2.51. The lowest BCUT2D eigenvalue weighted by atomic mass is 10.1. The number of aromatic nitrogens is 1. The van der Waals surface area contributed by atoms with Gasteiger partial charge in [-0.15, -0.1) is 6.58 Å². The van der Waals surface area contributed by atoms with Crippen LogP contribution in [0.5, 0.6) is 5.88 Å². The summed E-state index contributed by atoms with van der Waals surface area (Å²) in [4.78, 5) is 30.8. The van der Waals surface area contributed by atoms with Gasteiger partial charge in [-0.2, -0.15) is 4.98 Å². The highest BCUT2D eigenvalue weighted by Crippen LogP contribution is 2.37. The van der Waals surface area contributed by atoms with Gasteiger partial charge in [0.15, 0.2) is 5.88 Å². The molecule has 192 valence electrons. The molecule has 0 radical (unpaired) electrons. The van der Waals surface area contributed by atoms with E-state index in [0.29, 0.717) is 18.0 Å². The van der Waals surface area contributed by atoms with Crippen molar-refractivity contribution in [2.24, 2.45) is 0 Å². The first-order valence-corrected chi connectivity index (χ1v) is 11.2. The molecule has 10 heteroatoms. The van der Waals surface area contributed by atoms with Gasteiger partial charge in [0.25, 0.3) is 0 Å². The van der Waals surface area contributed by atoms with Gasteiger partial charge in [0, 0.05) is 25.2 Å². The van der Waals surface area contributed by atoms with Crippen LogP contribution in [0.1, 0.15) is 33.3 Å². The Labute approximate surface area is 211 Å². The third kappa shape index (κ3) is 7.33. The number of nitrogen functional groups attached to an aromatic ring is 1. The number of hydrogen-bond acceptors (Lipinski definition) is 8. The van der Waals surface area contributed by atoms with Crippen molar-refractivity contribution in [2.45, 2.75) is 39.8 Å². The number of nitrogens with two attached hydrogens (primary N) is 1. The fraction of sp³-hybridized carbons (Fsp3) is 0.308. The molecule has 0 unspecified atom stereocenters. The summed E-state index contributed by atoms with van der Waals surface area (Å²) in [6.07, 6.45) is 3.22. The Morgan fingerprint density at radius 3 is 2.47 bits per heavy atom. The molecule has 1 aromatic carbocycles. The molecular formula is C26H33N5O5.